The topological polar surface area (TPSA) is 109 Å². The highest BCUT2D eigenvalue weighted by molar-refractivity contribution is 5.92. The van der Waals surface area contributed by atoms with Crippen molar-refractivity contribution in [3.8, 4) is 6.07 Å². The number of hydrogen-bond donors (Lipinski definition) is 2. The van der Waals surface area contributed by atoms with Crippen molar-refractivity contribution in [3.05, 3.63) is 41.7 Å². The van der Waals surface area contributed by atoms with Gasteiger partial charge in [-0.05, 0) is 17.7 Å². The minimum absolute atomic E-state index is 0.300. The number of benzene rings is 1. The molecule has 7 heteroatoms. The largest absolute Gasteiger partial charge is 0.399 e. The molecular weight excluding hydrogens is 268 g/mol. The van der Waals surface area contributed by atoms with Crippen LogP contribution < -0.4 is 11.1 Å². The van der Waals surface area contributed by atoms with E-state index in [-0.39, 0.29) is 0 Å². The Kier molecular flexibility index (Phi) is 4.66. The summed E-state index contributed by atoms with van der Waals surface area (Å²) in [5.41, 5.74) is 8.12. The minimum Gasteiger partial charge on any atom is -0.399 e. The fourth-order valence-electron chi connectivity index (χ4n) is 1.68. The molecule has 0 aliphatic heterocycles. The quantitative estimate of drug-likeness (QED) is 0.639. The third-order valence-corrected chi connectivity index (χ3v) is 2.70. The van der Waals surface area contributed by atoms with Crippen LogP contribution in [0.2, 0.25) is 0 Å². The molecule has 7 nitrogen and oxygen atoms in total. The van der Waals surface area contributed by atoms with Crippen LogP contribution in [0.4, 0.5) is 17.3 Å². The fraction of sp³-hybridized carbons (Fsp3) is 0.143. The maximum Gasteiger partial charge on any atom is 0.144 e. The zero-order chi connectivity index (χ0) is 15.1. The normalized spacial score (nSPS) is 10.3. The minimum atomic E-state index is 0.300. The molecule has 0 saturated heterocycles. The molecule has 2 aromatic rings. The first kappa shape index (κ1) is 14.3. The lowest BCUT2D eigenvalue weighted by atomic mass is 10.1. The van der Waals surface area contributed by atoms with Crippen molar-refractivity contribution in [3.63, 3.8) is 0 Å². The number of nitrogens with zero attached hydrogens (tertiary/aromatic N) is 4. The summed E-state index contributed by atoms with van der Waals surface area (Å²) < 4.78 is 0. The van der Waals surface area contributed by atoms with E-state index in [4.69, 9.17) is 11.0 Å². The summed E-state index contributed by atoms with van der Waals surface area (Å²) in [4.78, 5) is 12.7. The Morgan fingerprint density at radius 3 is 2.81 bits per heavy atom. The van der Waals surface area contributed by atoms with Crippen molar-refractivity contribution < 1.29 is 4.84 Å². The zero-order valence-electron chi connectivity index (χ0n) is 11.4. The lowest BCUT2D eigenvalue weighted by Gasteiger charge is -2.09. The lowest BCUT2D eigenvalue weighted by Crippen LogP contribution is -2.05. The number of anilines is 3. The molecule has 106 valence electrons. The molecule has 0 saturated carbocycles. The lowest BCUT2D eigenvalue weighted by molar-refractivity contribution is 0.215. The third kappa shape index (κ3) is 3.67. The summed E-state index contributed by atoms with van der Waals surface area (Å²) in [5, 5.41) is 15.5. The average molecular weight is 282 g/mol. The molecule has 21 heavy (non-hydrogen) atoms. The molecule has 0 radical (unpaired) electrons. The van der Waals surface area contributed by atoms with E-state index in [1.165, 1.54) is 19.7 Å². The molecule has 1 aromatic heterocycles. The highest BCUT2D eigenvalue weighted by atomic mass is 16.6. The second-order valence-corrected chi connectivity index (χ2v) is 4.10. The van der Waals surface area contributed by atoms with E-state index in [0.29, 0.717) is 23.6 Å². The van der Waals surface area contributed by atoms with Gasteiger partial charge in [0.15, 0.2) is 0 Å². The van der Waals surface area contributed by atoms with Crippen LogP contribution in [0.5, 0.6) is 0 Å². The molecule has 0 amide bonds. The SMILES string of the molecule is CON=Cc1c(N)ncnc1Nc1ccc(CC#N)cc1. The maximum atomic E-state index is 8.65. The first-order valence-electron chi connectivity index (χ1n) is 6.14. The molecule has 0 fully saturated rings. The Morgan fingerprint density at radius 1 is 1.38 bits per heavy atom. The van der Waals surface area contributed by atoms with Crippen molar-refractivity contribution in [1.82, 2.24) is 9.97 Å². The number of oxime groups is 1. The van der Waals surface area contributed by atoms with Crippen molar-refractivity contribution >= 4 is 23.5 Å². The van der Waals surface area contributed by atoms with Gasteiger partial charge in [0.1, 0.15) is 25.1 Å². The van der Waals surface area contributed by atoms with Gasteiger partial charge in [-0.3, -0.25) is 0 Å². The average Bonchev–Trinajstić information content (AvgIpc) is 2.49. The molecule has 0 aliphatic carbocycles. The van der Waals surface area contributed by atoms with Crippen LogP contribution in [-0.4, -0.2) is 23.3 Å². The molecule has 0 atom stereocenters. The molecule has 2 rings (SSSR count). The van der Waals surface area contributed by atoms with E-state index in [1.807, 2.05) is 24.3 Å². The first-order valence-corrected chi connectivity index (χ1v) is 6.14. The molecule has 1 heterocycles. The van der Waals surface area contributed by atoms with Crippen LogP contribution >= 0.6 is 0 Å². The van der Waals surface area contributed by atoms with Gasteiger partial charge in [0, 0.05) is 5.69 Å². The fourth-order valence-corrected chi connectivity index (χ4v) is 1.68. The van der Waals surface area contributed by atoms with Gasteiger partial charge in [0.25, 0.3) is 0 Å². The Bertz CT molecular complexity index is 675. The number of aromatic nitrogens is 2. The standard InChI is InChI=1S/C14H14N6O/c1-21-19-8-12-13(16)17-9-18-14(12)20-11-4-2-10(3-5-11)6-7-15/h2-5,8-9H,6H2,1H3,(H3,16,17,18,20). The number of hydrogen-bond acceptors (Lipinski definition) is 7. The van der Waals surface area contributed by atoms with E-state index >= 15 is 0 Å². The molecular formula is C14H14N6O. The van der Waals surface area contributed by atoms with Gasteiger partial charge in [0.2, 0.25) is 0 Å². The highest BCUT2D eigenvalue weighted by Gasteiger charge is 2.07. The van der Waals surface area contributed by atoms with Crippen LogP contribution in [-0.2, 0) is 11.3 Å². The number of nitrogen functional groups attached to an aromatic ring is 1. The monoisotopic (exact) mass is 282 g/mol. The number of nitrogens with one attached hydrogen (secondary N) is 1. The Labute approximate surface area is 122 Å². The molecule has 0 aliphatic rings. The summed E-state index contributed by atoms with van der Waals surface area (Å²) in [6.07, 6.45) is 3.19. The van der Waals surface area contributed by atoms with Gasteiger partial charge in [0.05, 0.1) is 24.3 Å². The van der Waals surface area contributed by atoms with E-state index in [2.05, 4.69) is 31.3 Å². The predicted octanol–water partition coefficient (Wildman–Crippen LogP) is 1.85. The van der Waals surface area contributed by atoms with Gasteiger partial charge in [-0.2, -0.15) is 5.26 Å². The predicted molar refractivity (Wildman–Crippen MR) is 80.1 cm³/mol. The van der Waals surface area contributed by atoms with Crippen molar-refractivity contribution in [2.75, 3.05) is 18.2 Å². The maximum absolute atomic E-state index is 8.65. The van der Waals surface area contributed by atoms with Gasteiger partial charge in [-0.25, -0.2) is 9.97 Å². The smallest absolute Gasteiger partial charge is 0.144 e. The first-order chi connectivity index (χ1) is 10.2. The molecule has 1 aromatic carbocycles. The summed E-state index contributed by atoms with van der Waals surface area (Å²) in [7, 11) is 1.44. The van der Waals surface area contributed by atoms with Crippen molar-refractivity contribution in [2.45, 2.75) is 6.42 Å². The summed E-state index contributed by atoms with van der Waals surface area (Å²) in [6.45, 7) is 0. The third-order valence-electron chi connectivity index (χ3n) is 2.70. The molecule has 3 N–H and O–H groups in total. The highest BCUT2D eigenvalue weighted by Crippen LogP contribution is 2.20. The summed E-state index contributed by atoms with van der Waals surface area (Å²) in [5.74, 6) is 0.825. The molecule has 0 spiro atoms. The Morgan fingerprint density at radius 2 is 2.14 bits per heavy atom. The van der Waals surface area contributed by atoms with Crippen LogP contribution in [0.25, 0.3) is 0 Å². The van der Waals surface area contributed by atoms with Crippen LogP contribution in [0, 0.1) is 11.3 Å². The van der Waals surface area contributed by atoms with Gasteiger partial charge in [-0.1, -0.05) is 17.3 Å². The zero-order valence-corrected chi connectivity index (χ0v) is 11.4. The van der Waals surface area contributed by atoms with E-state index in [0.717, 1.165) is 11.3 Å². The summed E-state index contributed by atoms with van der Waals surface area (Å²) >= 11 is 0. The molecule has 0 bridgehead atoms. The van der Waals surface area contributed by atoms with Gasteiger partial charge >= 0.3 is 0 Å². The molecule has 0 unspecified atom stereocenters. The van der Waals surface area contributed by atoms with Crippen molar-refractivity contribution in [2.24, 2.45) is 5.16 Å². The number of nitriles is 1. The van der Waals surface area contributed by atoms with Crippen molar-refractivity contribution in [1.29, 1.82) is 5.26 Å². The van der Waals surface area contributed by atoms with Crippen LogP contribution in [0.15, 0.2) is 35.7 Å². The number of nitrogens with two attached hydrogens (primary N) is 1. The Balaban J connectivity index is 2.25. The van der Waals surface area contributed by atoms with Gasteiger partial charge < -0.3 is 15.9 Å². The van der Waals surface area contributed by atoms with Gasteiger partial charge in [-0.15, -0.1) is 0 Å². The Hall–Kier alpha value is -3.14. The number of rotatable bonds is 5. The van der Waals surface area contributed by atoms with Crippen LogP contribution in [0.3, 0.4) is 0 Å². The summed E-state index contributed by atoms with van der Waals surface area (Å²) in [6, 6.07) is 9.58. The van der Waals surface area contributed by atoms with E-state index < -0.39 is 0 Å². The van der Waals surface area contributed by atoms with E-state index in [9.17, 15) is 0 Å². The second-order valence-electron chi connectivity index (χ2n) is 4.10. The van der Waals surface area contributed by atoms with E-state index in [1.54, 1.807) is 0 Å². The second kappa shape index (κ2) is 6.86. The van der Waals surface area contributed by atoms with Crippen LogP contribution in [0.1, 0.15) is 11.1 Å².